The molecule has 0 spiro atoms. The second kappa shape index (κ2) is 9.96. The van der Waals surface area contributed by atoms with Crippen LogP contribution in [0.1, 0.15) is 54.1 Å². The van der Waals surface area contributed by atoms with Crippen LogP contribution >= 0.6 is 0 Å². The van der Waals surface area contributed by atoms with Crippen molar-refractivity contribution >= 4 is 29.4 Å². The summed E-state index contributed by atoms with van der Waals surface area (Å²) in [6.07, 6.45) is 7.04. The molecule has 0 aliphatic heterocycles. The van der Waals surface area contributed by atoms with Crippen molar-refractivity contribution in [3.8, 4) is 0 Å². The Morgan fingerprint density at radius 3 is 2.40 bits per heavy atom. The summed E-state index contributed by atoms with van der Waals surface area (Å²) < 4.78 is 10.8. The number of nitrogens with two attached hydrogens (primary N) is 2. The summed E-state index contributed by atoms with van der Waals surface area (Å²) in [5.74, 6) is -0.0756. The molecule has 0 bridgehead atoms. The molecule has 0 aromatic heterocycles. The number of anilines is 2. The number of hydrogen-bond acceptors (Lipinski definition) is 6. The van der Waals surface area contributed by atoms with E-state index in [1.165, 1.54) is 6.08 Å². The first kappa shape index (κ1) is 21.4. The molecule has 0 unspecified atom stereocenters. The van der Waals surface area contributed by atoms with Gasteiger partial charge in [0.2, 0.25) is 0 Å². The molecule has 1 fully saturated rings. The summed E-state index contributed by atoms with van der Waals surface area (Å²) in [6.45, 7) is 2.30. The topological polar surface area (TPSA) is 105 Å². The van der Waals surface area contributed by atoms with Crippen LogP contribution in [0.5, 0.6) is 0 Å². The maximum absolute atomic E-state index is 12.3. The lowest BCUT2D eigenvalue weighted by Crippen LogP contribution is -2.23. The van der Waals surface area contributed by atoms with Crippen LogP contribution in [0.3, 0.4) is 0 Å². The SMILES string of the molecule is CC1CCC(OC(=O)c2ccc(/C=C/C(=O)OCc3ccc(N)cc3N)cc2)CC1. The van der Waals surface area contributed by atoms with Crippen molar-refractivity contribution in [1.29, 1.82) is 0 Å². The van der Waals surface area contributed by atoms with Crippen molar-refractivity contribution in [2.75, 3.05) is 11.5 Å². The molecule has 1 aliphatic rings. The fourth-order valence-corrected chi connectivity index (χ4v) is 3.40. The lowest BCUT2D eigenvalue weighted by Gasteiger charge is -2.25. The van der Waals surface area contributed by atoms with Gasteiger partial charge in [0.1, 0.15) is 12.7 Å². The van der Waals surface area contributed by atoms with Gasteiger partial charge >= 0.3 is 11.9 Å². The molecule has 0 heterocycles. The third-order valence-corrected chi connectivity index (χ3v) is 5.33. The molecule has 2 aromatic rings. The number of esters is 2. The summed E-state index contributed by atoms with van der Waals surface area (Å²) in [5, 5.41) is 0. The highest BCUT2D eigenvalue weighted by atomic mass is 16.5. The monoisotopic (exact) mass is 408 g/mol. The van der Waals surface area contributed by atoms with E-state index in [2.05, 4.69) is 6.92 Å². The van der Waals surface area contributed by atoms with E-state index in [4.69, 9.17) is 20.9 Å². The molecular formula is C24H28N2O4. The molecule has 1 aliphatic carbocycles. The number of nitrogen functional groups attached to an aromatic ring is 2. The fraction of sp³-hybridized carbons (Fsp3) is 0.333. The van der Waals surface area contributed by atoms with E-state index in [1.807, 2.05) is 0 Å². The van der Waals surface area contributed by atoms with E-state index in [0.717, 1.165) is 31.2 Å². The number of hydrogen-bond donors (Lipinski definition) is 2. The van der Waals surface area contributed by atoms with Gasteiger partial charge < -0.3 is 20.9 Å². The summed E-state index contributed by atoms with van der Waals surface area (Å²) in [6, 6.07) is 12.0. The molecule has 30 heavy (non-hydrogen) atoms. The third-order valence-electron chi connectivity index (χ3n) is 5.33. The molecule has 6 heteroatoms. The molecule has 4 N–H and O–H groups in total. The molecule has 2 aromatic carbocycles. The van der Waals surface area contributed by atoms with Crippen LogP contribution in [0.2, 0.25) is 0 Å². The third kappa shape index (κ3) is 6.11. The zero-order valence-electron chi connectivity index (χ0n) is 17.2. The van der Waals surface area contributed by atoms with Crippen LogP contribution in [0.25, 0.3) is 6.08 Å². The molecule has 1 saturated carbocycles. The van der Waals surface area contributed by atoms with Gasteiger partial charge in [-0.05, 0) is 67.5 Å². The quantitative estimate of drug-likeness (QED) is 0.418. The summed E-state index contributed by atoms with van der Waals surface area (Å²) in [5.41, 5.74) is 14.5. The zero-order chi connectivity index (χ0) is 21.5. The molecule has 3 rings (SSSR count). The van der Waals surface area contributed by atoms with E-state index in [1.54, 1.807) is 48.5 Å². The van der Waals surface area contributed by atoms with Crippen molar-refractivity contribution in [3.05, 3.63) is 65.2 Å². The molecule has 0 atom stereocenters. The Bertz CT molecular complexity index is 913. The highest BCUT2D eigenvalue weighted by molar-refractivity contribution is 5.90. The van der Waals surface area contributed by atoms with Gasteiger partial charge in [0.15, 0.2) is 0 Å². The molecular weight excluding hydrogens is 380 g/mol. The first-order valence-electron chi connectivity index (χ1n) is 10.2. The Morgan fingerprint density at radius 1 is 1.03 bits per heavy atom. The predicted molar refractivity (Wildman–Crippen MR) is 117 cm³/mol. The van der Waals surface area contributed by atoms with Crippen molar-refractivity contribution in [2.24, 2.45) is 5.92 Å². The Hall–Kier alpha value is -3.28. The minimum Gasteiger partial charge on any atom is -0.459 e. The zero-order valence-corrected chi connectivity index (χ0v) is 17.2. The maximum atomic E-state index is 12.3. The molecule has 0 amide bonds. The normalized spacial score (nSPS) is 18.8. The molecule has 158 valence electrons. The van der Waals surface area contributed by atoms with Crippen LogP contribution < -0.4 is 11.5 Å². The second-order valence-corrected chi connectivity index (χ2v) is 7.81. The second-order valence-electron chi connectivity index (χ2n) is 7.81. The minimum atomic E-state index is -0.485. The molecule has 0 saturated heterocycles. The average Bonchev–Trinajstić information content (AvgIpc) is 2.73. The van der Waals surface area contributed by atoms with Crippen LogP contribution in [0.15, 0.2) is 48.5 Å². The van der Waals surface area contributed by atoms with Gasteiger partial charge in [0.05, 0.1) is 5.56 Å². The Kier molecular flexibility index (Phi) is 7.12. The van der Waals surface area contributed by atoms with E-state index >= 15 is 0 Å². The number of rotatable bonds is 6. The number of ether oxygens (including phenoxy) is 2. The van der Waals surface area contributed by atoms with Gasteiger partial charge in [-0.25, -0.2) is 9.59 Å². The van der Waals surface area contributed by atoms with E-state index < -0.39 is 5.97 Å². The smallest absolute Gasteiger partial charge is 0.338 e. The first-order chi connectivity index (χ1) is 14.4. The van der Waals surface area contributed by atoms with Gasteiger partial charge in [-0.3, -0.25) is 0 Å². The Morgan fingerprint density at radius 2 is 1.73 bits per heavy atom. The van der Waals surface area contributed by atoms with Gasteiger partial charge in [0.25, 0.3) is 0 Å². The maximum Gasteiger partial charge on any atom is 0.338 e. The Balaban J connectivity index is 1.48. The standard InChI is InChI=1S/C24H28N2O4/c1-16-2-11-21(12-3-16)30-24(28)18-7-4-17(5-8-18)6-13-23(27)29-15-19-9-10-20(25)14-22(19)26/h4-10,13-14,16,21H,2-3,11-12,15,25-26H2,1H3/b13-6+. The van der Waals surface area contributed by atoms with Crippen LogP contribution in [-0.4, -0.2) is 18.0 Å². The van der Waals surface area contributed by atoms with Crippen molar-refractivity contribution in [2.45, 2.75) is 45.3 Å². The summed E-state index contributed by atoms with van der Waals surface area (Å²) >= 11 is 0. The molecule has 0 radical (unpaired) electrons. The first-order valence-corrected chi connectivity index (χ1v) is 10.2. The largest absolute Gasteiger partial charge is 0.459 e. The lowest BCUT2D eigenvalue weighted by atomic mass is 9.89. The number of benzene rings is 2. The lowest BCUT2D eigenvalue weighted by molar-refractivity contribution is -0.138. The van der Waals surface area contributed by atoms with Gasteiger partial charge in [-0.1, -0.05) is 25.1 Å². The van der Waals surface area contributed by atoms with E-state index in [0.29, 0.717) is 28.4 Å². The summed E-state index contributed by atoms with van der Waals surface area (Å²) in [7, 11) is 0. The van der Waals surface area contributed by atoms with Crippen molar-refractivity contribution in [1.82, 2.24) is 0 Å². The number of carbonyl (C=O) groups excluding carboxylic acids is 2. The summed E-state index contributed by atoms with van der Waals surface area (Å²) in [4.78, 5) is 24.2. The van der Waals surface area contributed by atoms with Crippen molar-refractivity contribution < 1.29 is 19.1 Å². The van der Waals surface area contributed by atoms with Gasteiger partial charge in [0, 0.05) is 23.0 Å². The molecule has 6 nitrogen and oxygen atoms in total. The van der Waals surface area contributed by atoms with E-state index in [-0.39, 0.29) is 18.7 Å². The van der Waals surface area contributed by atoms with Gasteiger partial charge in [-0.15, -0.1) is 0 Å². The van der Waals surface area contributed by atoms with Crippen molar-refractivity contribution in [3.63, 3.8) is 0 Å². The predicted octanol–water partition coefficient (Wildman–Crippen LogP) is 4.34. The average molecular weight is 408 g/mol. The van der Waals surface area contributed by atoms with Crippen LogP contribution in [-0.2, 0) is 20.9 Å². The van der Waals surface area contributed by atoms with Gasteiger partial charge in [-0.2, -0.15) is 0 Å². The minimum absolute atomic E-state index is 0.0122. The highest BCUT2D eigenvalue weighted by Gasteiger charge is 2.22. The Labute approximate surface area is 176 Å². The van der Waals surface area contributed by atoms with E-state index in [9.17, 15) is 9.59 Å². The number of carbonyl (C=O) groups is 2. The van der Waals surface area contributed by atoms with Crippen LogP contribution in [0.4, 0.5) is 11.4 Å². The highest BCUT2D eigenvalue weighted by Crippen LogP contribution is 2.26. The fourth-order valence-electron chi connectivity index (χ4n) is 3.40. The van der Waals surface area contributed by atoms with Crippen LogP contribution in [0, 0.1) is 5.92 Å².